The van der Waals surface area contributed by atoms with Gasteiger partial charge in [0.05, 0.1) is 45.8 Å². The zero-order valence-electron chi connectivity index (χ0n) is 33.8. The molecule has 0 aromatic carbocycles. The van der Waals surface area contributed by atoms with E-state index in [1.165, 1.54) is 0 Å². The number of aliphatic carboxylic acids is 2. The summed E-state index contributed by atoms with van der Waals surface area (Å²) < 4.78 is 0. The average molecular weight is 919 g/mol. The van der Waals surface area contributed by atoms with E-state index >= 15 is 0 Å². The lowest BCUT2D eigenvalue weighted by Crippen LogP contribution is -2.58. The SMILES string of the molecule is NCC(=O)N[C@@H](CS)C(=O)NCC(=O)NCC(=O)NCC(=O)N[C@@H](CCCN=C(N)N)C(=O)NCC(=O)N[C@@H](CC(=O)O)C(=O)N[C@@H](CO)C(=O)N1CCC[C@H]1C(=O)NCC(=O)O. The number of aliphatic imine (C=N–C) groups is 1. The number of aliphatic hydroxyl groups excluding tert-OH is 1. The van der Waals surface area contributed by atoms with Crippen LogP contribution in [-0.4, -0.2) is 192 Å². The zero-order valence-corrected chi connectivity index (χ0v) is 34.7. The van der Waals surface area contributed by atoms with Gasteiger partial charge < -0.3 is 85.3 Å². The van der Waals surface area contributed by atoms with Crippen LogP contribution in [-0.2, 0) is 57.5 Å². The molecule has 18 N–H and O–H groups in total. The number of hydrogen-bond donors (Lipinski definition) is 16. The van der Waals surface area contributed by atoms with Crippen molar-refractivity contribution < 1.29 is 72.9 Å². The number of guanidine groups is 1. The number of carbonyl (C=O) groups excluding carboxylic acids is 10. The number of amides is 10. The van der Waals surface area contributed by atoms with Crippen molar-refractivity contribution in [3.8, 4) is 0 Å². The van der Waals surface area contributed by atoms with Gasteiger partial charge in [0.1, 0.15) is 36.8 Å². The zero-order chi connectivity index (χ0) is 47.6. The highest BCUT2D eigenvalue weighted by molar-refractivity contribution is 7.80. The van der Waals surface area contributed by atoms with Crippen LogP contribution in [0, 0.1) is 0 Å². The number of likely N-dealkylation sites (tertiary alicyclic amines) is 1. The van der Waals surface area contributed by atoms with Gasteiger partial charge in [0, 0.05) is 18.8 Å². The number of rotatable bonds is 28. The van der Waals surface area contributed by atoms with Gasteiger partial charge in [-0.2, -0.15) is 12.6 Å². The number of carboxylic acid groups (broad SMARTS) is 2. The average Bonchev–Trinajstić information content (AvgIpc) is 3.73. The summed E-state index contributed by atoms with van der Waals surface area (Å²) in [7, 11) is 0. The van der Waals surface area contributed by atoms with Crippen LogP contribution in [0.4, 0.5) is 0 Å². The third-order valence-electron chi connectivity index (χ3n) is 8.44. The van der Waals surface area contributed by atoms with Crippen molar-refractivity contribution in [3.63, 3.8) is 0 Å². The number of nitrogens with two attached hydrogens (primary N) is 3. The van der Waals surface area contributed by atoms with Crippen molar-refractivity contribution in [1.29, 1.82) is 0 Å². The Morgan fingerprint density at radius 2 is 1.19 bits per heavy atom. The summed E-state index contributed by atoms with van der Waals surface area (Å²) in [5.74, 6) is -12.2. The highest BCUT2D eigenvalue weighted by atomic mass is 32.1. The van der Waals surface area contributed by atoms with E-state index < -0.39 is 147 Å². The van der Waals surface area contributed by atoms with E-state index in [9.17, 15) is 67.7 Å². The van der Waals surface area contributed by atoms with Crippen LogP contribution in [0.25, 0.3) is 0 Å². The summed E-state index contributed by atoms with van der Waals surface area (Å²) in [4.78, 5) is 153. The van der Waals surface area contributed by atoms with Crippen molar-refractivity contribution in [1.82, 2.24) is 52.8 Å². The topological polar surface area (TPSA) is 467 Å². The number of carboxylic acids is 2. The molecule has 63 heavy (non-hydrogen) atoms. The molecule has 1 saturated heterocycles. The van der Waals surface area contributed by atoms with Crippen molar-refractivity contribution in [2.75, 3.05) is 64.7 Å². The molecule has 352 valence electrons. The van der Waals surface area contributed by atoms with Gasteiger partial charge in [0.25, 0.3) is 0 Å². The molecular weight excluding hydrogens is 865 g/mol. The summed E-state index contributed by atoms with van der Waals surface area (Å²) in [5, 5.41) is 48.0. The molecule has 1 aliphatic heterocycles. The third-order valence-corrected chi connectivity index (χ3v) is 8.80. The number of nitrogens with zero attached hydrogens (tertiary/aromatic N) is 2. The molecule has 0 bridgehead atoms. The summed E-state index contributed by atoms with van der Waals surface area (Å²) in [6, 6.07) is -7.13. The van der Waals surface area contributed by atoms with Crippen molar-refractivity contribution >= 4 is 89.6 Å². The molecule has 30 heteroatoms. The highest BCUT2D eigenvalue weighted by Crippen LogP contribution is 2.18. The summed E-state index contributed by atoms with van der Waals surface area (Å²) in [6.07, 6.45) is -0.548. The number of hydrogen-bond acceptors (Lipinski definition) is 16. The van der Waals surface area contributed by atoms with E-state index in [0.29, 0.717) is 6.42 Å². The molecular formula is C33H54N14O15S. The third kappa shape index (κ3) is 21.5. The van der Waals surface area contributed by atoms with E-state index in [0.717, 1.165) is 4.90 Å². The predicted octanol–water partition coefficient (Wildman–Crippen LogP) is -10.0. The molecule has 5 atom stereocenters. The lowest BCUT2D eigenvalue weighted by Gasteiger charge is -2.28. The van der Waals surface area contributed by atoms with Crippen molar-refractivity contribution in [2.24, 2.45) is 22.2 Å². The standard InChI is InChI=1S/C33H54N14O15S/c34-8-21(49)45-19(15-63)29(59)40-10-23(51)38-9-22(50)39-11-24(52)43-16(3-1-5-37-33(35)36)28(58)41-12-25(53)44-17(7-26(54)55)30(60)46-18(14-48)32(62)47-6-2-4-20(47)31(61)42-13-27(56)57/h16-20,48,63H,1-15,34H2,(H,38,51)(H,39,50)(H,40,59)(H,41,58)(H,42,61)(H,43,52)(H,44,53)(H,45,49)(H,46,60)(H,54,55)(H,56,57)(H4,35,36,37)/t16-,17-,18-,19-,20-/m0/s1. The van der Waals surface area contributed by atoms with Gasteiger partial charge in [-0.1, -0.05) is 0 Å². The van der Waals surface area contributed by atoms with Crippen LogP contribution in [0.15, 0.2) is 4.99 Å². The van der Waals surface area contributed by atoms with Gasteiger partial charge in [-0.05, 0) is 25.7 Å². The first-order valence-corrected chi connectivity index (χ1v) is 19.6. The molecule has 1 aliphatic rings. The van der Waals surface area contributed by atoms with Crippen LogP contribution in [0.3, 0.4) is 0 Å². The maximum atomic E-state index is 13.2. The molecule has 1 fully saturated rings. The summed E-state index contributed by atoms with van der Waals surface area (Å²) in [5.41, 5.74) is 15.8. The fourth-order valence-electron chi connectivity index (χ4n) is 5.40. The molecule has 0 saturated carbocycles. The first kappa shape index (κ1) is 54.2. The van der Waals surface area contributed by atoms with Crippen LogP contribution >= 0.6 is 12.6 Å². The van der Waals surface area contributed by atoms with Gasteiger partial charge >= 0.3 is 11.9 Å². The minimum absolute atomic E-state index is 0.0106. The maximum Gasteiger partial charge on any atom is 0.322 e. The second-order valence-electron chi connectivity index (χ2n) is 13.3. The van der Waals surface area contributed by atoms with E-state index in [4.69, 9.17) is 22.3 Å². The molecule has 0 aromatic heterocycles. The first-order valence-electron chi connectivity index (χ1n) is 19.0. The molecule has 0 spiro atoms. The van der Waals surface area contributed by atoms with Crippen LogP contribution in [0.1, 0.15) is 32.1 Å². The van der Waals surface area contributed by atoms with E-state index in [1.807, 2.05) is 0 Å². The van der Waals surface area contributed by atoms with Crippen LogP contribution in [0.2, 0.25) is 0 Å². The molecule has 0 unspecified atom stereocenters. The molecule has 0 aliphatic carbocycles. The smallest absolute Gasteiger partial charge is 0.322 e. The monoisotopic (exact) mass is 918 g/mol. The Balaban J connectivity index is 2.83. The van der Waals surface area contributed by atoms with Gasteiger partial charge in [0.15, 0.2) is 5.96 Å². The van der Waals surface area contributed by atoms with Crippen molar-refractivity contribution in [3.05, 3.63) is 0 Å². The number of thiol groups is 1. The second-order valence-corrected chi connectivity index (χ2v) is 13.7. The molecule has 10 amide bonds. The maximum absolute atomic E-state index is 13.2. The Morgan fingerprint density at radius 3 is 1.73 bits per heavy atom. The Labute approximate surface area is 364 Å². The second kappa shape index (κ2) is 28.7. The molecule has 0 radical (unpaired) electrons. The Morgan fingerprint density at radius 1 is 0.651 bits per heavy atom. The Hall–Kier alpha value is -6.82. The first-order chi connectivity index (χ1) is 29.7. The Bertz CT molecular complexity index is 1730. The molecule has 1 heterocycles. The minimum atomic E-state index is -1.86. The summed E-state index contributed by atoms with van der Waals surface area (Å²) >= 11 is 3.95. The molecule has 1 rings (SSSR count). The quantitative estimate of drug-likeness (QED) is 0.0150. The Kier molecular flexibility index (Phi) is 24.7. The number of carbonyl (C=O) groups is 12. The lowest BCUT2D eigenvalue weighted by molar-refractivity contribution is -0.144. The minimum Gasteiger partial charge on any atom is -0.481 e. The van der Waals surface area contributed by atoms with E-state index in [1.54, 1.807) is 0 Å². The molecule has 29 nitrogen and oxygen atoms in total. The van der Waals surface area contributed by atoms with Crippen LogP contribution < -0.4 is 65.1 Å². The fraction of sp³-hybridized carbons (Fsp3) is 0.606. The largest absolute Gasteiger partial charge is 0.481 e. The van der Waals surface area contributed by atoms with Crippen molar-refractivity contribution in [2.45, 2.75) is 62.3 Å². The number of aliphatic hydroxyl groups is 1. The van der Waals surface area contributed by atoms with Crippen LogP contribution in [0.5, 0.6) is 0 Å². The van der Waals surface area contributed by atoms with E-state index in [2.05, 4.69) is 65.5 Å². The van der Waals surface area contributed by atoms with Gasteiger partial charge in [-0.15, -0.1) is 0 Å². The highest BCUT2D eigenvalue weighted by Gasteiger charge is 2.38. The summed E-state index contributed by atoms with van der Waals surface area (Å²) in [6.45, 7) is -4.88. The van der Waals surface area contributed by atoms with Gasteiger partial charge in [0.2, 0.25) is 59.1 Å². The van der Waals surface area contributed by atoms with E-state index in [-0.39, 0.29) is 50.6 Å². The van der Waals surface area contributed by atoms with Gasteiger partial charge in [-0.25, -0.2) is 0 Å². The predicted molar refractivity (Wildman–Crippen MR) is 217 cm³/mol. The molecule has 0 aromatic rings. The number of nitrogens with one attached hydrogen (secondary N) is 9. The normalized spacial score (nSPS) is 14.8. The lowest BCUT2D eigenvalue weighted by atomic mass is 10.1. The van der Waals surface area contributed by atoms with Gasteiger partial charge in [-0.3, -0.25) is 62.5 Å². The fourth-order valence-corrected chi connectivity index (χ4v) is 5.66.